The Morgan fingerprint density at radius 3 is 3.00 bits per heavy atom. The highest BCUT2D eigenvalue weighted by Crippen LogP contribution is 2.21. The number of halogens is 1. The van der Waals surface area contributed by atoms with E-state index in [-0.39, 0.29) is 18.2 Å². The Morgan fingerprint density at radius 1 is 1.53 bits per heavy atom. The maximum Gasteiger partial charge on any atom is 0.315 e. The normalized spacial score (nSPS) is 20.0. The van der Waals surface area contributed by atoms with Crippen LogP contribution < -0.4 is 10.6 Å². The number of urea groups is 1. The average molecular weight is 283 g/mol. The van der Waals surface area contributed by atoms with Crippen LogP contribution in [-0.2, 0) is 4.74 Å². The first-order valence-corrected chi connectivity index (χ1v) is 6.95. The largest absolute Gasteiger partial charge is 0.376 e. The summed E-state index contributed by atoms with van der Waals surface area (Å²) in [6.45, 7) is 3.26. The standard InChI is InChI=1S/C14H19ClN2O2/c1-10(12-6-2-3-7-13(12)15)17-14(18)16-9-11-5-4-8-19-11/h2-3,6-7,10-11H,4-5,8-9H2,1H3,(H2,16,17,18). The molecule has 1 aromatic carbocycles. The highest BCUT2D eigenvalue weighted by molar-refractivity contribution is 6.31. The second-order valence-corrected chi connectivity index (χ2v) is 5.14. The SMILES string of the molecule is CC(NC(=O)NCC1CCCO1)c1ccccc1Cl. The molecule has 0 saturated carbocycles. The van der Waals surface area contributed by atoms with Crippen molar-refractivity contribution in [3.8, 4) is 0 Å². The number of hydrogen-bond donors (Lipinski definition) is 2. The van der Waals surface area contributed by atoms with Gasteiger partial charge in [-0.2, -0.15) is 0 Å². The molecule has 1 aromatic rings. The molecule has 2 unspecified atom stereocenters. The lowest BCUT2D eigenvalue weighted by molar-refractivity contribution is 0.111. The summed E-state index contributed by atoms with van der Waals surface area (Å²) in [5.74, 6) is 0. The Balaban J connectivity index is 1.79. The summed E-state index contributed by atoms with van der Waals surface area (Å²) < 4.78 is 5.45. The molecule has 2 atom stereocenters. The number of benzene rings is 1. The Bertz CT molecular complexity index is 433. The summed E-state index contributed by atoms with van der Waals surface area (Å²) in [7, 11) is 0. The van der Waals surface area contributed by atoms with E-state index in [0.717, 1.165) is 25.0 Å². The van der Waals surface area contributed by atoms with Crippen LogP contribution in [0.5, 0.6) is 0 Å². The molecule has 4 nitrogen and oxygen atoms in total. The molecule has 0 spiro atoms. The molecule has 1 heterocycles. The van der Waals surface area contributed by atoms with Gasteiger partial charge in [0.2, 0.25) is 0 Å². The third-order valence-corrected chi connectivity index (χ3v) is 3.58. The van der Waals surface area contributed by atoms with Gasteiger partial charge in [-0.3, -0.25) is 0 Å². The summed E-state index contributed by atoms with van der Waals surface area (Å²) >= 11 is 6.09. The highest BCUT2D eigenvalue weighted by atomic mass is 35.5. The van der Waals surface area contributed by atoms with Gasteiger partial charge in [0, 0.05) is 18.2 Å². The second-order valence-electron chi connectivity index (χ2n) is 4.73. The molecule has 1 fully saturated rings. The van der Waals surface area contributed by atoms with Crippen molar-refractivity contribution in [2.45, 2.75) is 31.9 Å². The molecule has 0 radical (unpaired) electrons. The van der Waals surface area contributed by atoms with E-state index in [1.165, 1.54) is 0 Å². The number of ether oxygens (including phenoxy) is 1. The minimum absolute atomic E-state index is 0.127. The van der Waals surface area contributed by atoms with Crippen molar-refractivity contribution in [2.24, 2.45) is 0 Å². The smallest absolute Gasteiger partial charge is 0.315 e. The van der Waals surface area contributed by atoms with Crippen molar-refractivity contribution in [3.63, 3.8) is 0 Å². The zero-order chi connectivity index (χ0) is 13.7. The van der Waals surface area contributed by atoms with Crippen molar-refractivity contribution in [1.29, 1.82) is 0 Å². The number of hydrogen-bond acceptors (Lipinski definition) is 2. The molecule has 2 rings (SSSR count). The minimum atomic E-state index is -0.192. The molecule has 1 aliphatic rings. The van der Waals surface area contributed by atoms with Crippen LogP contribution in [0, 0.1) is 0 Å². The Morgan fingerprint density at radius 2 is 2.32 bits per heavy atom. The van der Waals surface area contributed by atoms with Gasteiger partial charge in [-0.05, 0) is 31.4 Å². The van der Waals surface area contributed by atoms with Crippen molar-refractivity contribution < 1.29 is 9.53 Å². The van der Waals surface area contributed by atoms with Gasteiger partial charge in [-0.1, -0.05) is 29.8 Å². The topological polar surface area (TPSA) is 50.4 Å². The molecule has 2 N–H and O–H groups in total. The average Bonchev–Trinajstić information content (AvgIpc) is 2.90. The highest BCUT2D eigenvalue weighted by Gasteiger charge is 2.17. The minimum Gasteiger partial charge on any atom is -0.376 e. The predicted molar refractivity (Wildman–Crippen MR) is 75.4 cm³/mol. The van der Waals surface area contributed by atoms with E-state index in [0.29, 0.717) is 11.6 Å². The van der Waals surface area contributed by atoms with Crippen molar-refractivity contribution in [1.82, 2.24) is 10.6 Å². The molecular weight excluding hydrogens is 264 g/mol. The number of carbonyl (C=O) groups excluding carboxylic acids is 1. The van der Waals surface area contributed by atoms with Gasteiger partial charge in [-0.25, -0.2) is 4.79 Å². The molecule has 0 bridgehead atoms. The van der Waals surface area contributed by atoms with E-state index >= 15 is 0 Å². The lowest BCUT2D eigenvalue weighted by atomic mass is 10.1. The zero-order valence-corrected chi connectivity index (χ0v) is 11.7. The summed E-state index contributed by atoms with van der Waals surface area (Å²) in [6, 6.07) is 7.19. The van der Waals surface area contributed by atoms with Gasteiger partial charge in [-0.15, -0.1) is 0 Å². The quantitative estimate of drug-likeness (QED) is 0.892. The van der Waals surface area contributed by atoms with Crippen LogP contribution in [0.25, 0.3) is 0 Å². The first-order chi connectivity index (χ1) is 9.16. The maximum absolute atomic E-state index is 11.8. The van der Waals surface area contributed by atoms with Crippen LogP contribution in [0.15, 0.2) is 24.3 Å². The van der Waals surface area contributed by atoms with Crippen molar-refractivity contribution in [2.75, 3.05) is 13.2 Å². The molecule has 104 valence electrons. The van der Waals surface area contributed by atoms with E-state index in [1.807, 2.05) is 31.2 Å². The molecule has 19 heavy (non-hydrogen) atoms. The van der Waals surface area contributed by atoms with E-state index in [4.69, 9.17) is 16.3 Å². The van der Waals surface area contributed by atoms with E-state index in [1.54, 1.807) is 0 Å². The van der Waals surface area contributed by atoms with Crippen LogP contribution in [0.2, 0.25) is 5.02 Å². The van der Waals surface area contributed by atoms with E-state index < -0.39 is 0 Å². The zero-order valence-electron chi connectivity index (χ0n) is 11.0. The van der Waals surface area contributed by atoms with Gasteiger partial charge < -0.3 is 15.4 Å². The maximum atomic E-state index is 11.8. The number of rotatable bonds is 4. The molecule has 0 aromatic heterocycles. The second kappa shape index (κ2) is 6.78. The molecule has 1 saturated heterocycles. The fraction of sp³-hybridized carbons (Fsp3) is 0.500. The molecule has 2 amide bonds. The van der Waals surface area contributed by atoms with Crippen LogP contribution in [0.4, 0.5) is 4.79 Å². The lowest BCUT2D eigenvalue weighted by Gasteiger charge is -2.17. The molecular formula is C14H19ClN2O2. The van der Waals surface area contributed by atoms with Gasteiger partial charge >= 0.3 is 6.03 Å². The Labute approximate surface area is 118 Å². The Kier molecular flexibility index (Phi) is 5.05. The van der Waals surface area contributed by atoms with E-state index in [9.17, 15) is 4.79 Å². The van der Waals surface area contributed by atoms with Crippen molar-refractivity contribution >= 4 is 17.6 Å². The first kappa shape index (κ1) is 14.2. The lowest BCUT2D eigenvalue weighted by Crippen LogP contribution is -2.40. The summed E-state index contributed by atoms with van der Waals surface area (Å²) in [4.78, 5) is 11.8. The summed E-state index contributed by atoms with van der Waals surface area (Å²) in [5, 5.41) is 6.36. The predicted octanol–water partition coefficient (Wildman–Crippen LogP) is 2.88. The van der Waals surface area contributed by atoms with Crippen molar-refractivity contribution in [3.05, 3.63) is 34.9 Å². The van der Waals surface area contributed by atoms with E-state index in [2.05, 4.69) is 10.6 Å². The molecule has 0 aliphatic carbocycles. The van der Waals surface area contributed by atoms with Crippen LogP contribution in [0.3, 0.4) is 0 Å². The third-order valence-electron chi connectivity index (χ3n) is 3.23. The summed E-state index contributed by atoms with van der Waals surface area (Å²) in [5.41, 5.74) is 0.913. The first-order valence-electron chi connectivity index (χ1n) is 6.57. The van der Waals surface area contributed by atoms with Gasteiger partial charge in [0.05, 0.1) is 12.1 Å². The van der Waals surface area contributed by atoms with Gasteiger partial charge in [0.25, 0.3) is 0 Å². The molecule has 5 heteroatoms. The number of nitrogens with one attached hydrogen (secondary N) is 2. The number of carbonyl (C=O) groups is 1. The van der Waals surface area contributed by atoms with Crippen LogP contribution >= 0.6 is 11.6 Å². The fourth-order valence-corrected chi connectivity index (χ4v) is 2.46. The molecule has 1 aliphatic heterocycles. The fourth-order valence-electron chi connectivity index (χ4n) is 2.16. The monoisotopic (exact) mass is 282 g/mol. The number of amides is 2. The Hall–Kier alpha value is -1.26. The third kappa shape index (κ3) is 4.11. The summed E-state index contributed by atoms with van der Waals surface area (Å²) in [6.07, 6.45) is 2.24. The van der Waals surface area contributed by atoms with Gasteiger partial charge in [0.1, 0.15) is 0 Å². The van der Waals surface area contributed by atoms with Gasteiger partial charge in [0.15, 0.2) is 0 Å². The van der Waals surface area contributed by atoms with Crippen LogP contribution in [0.1, 0.15) is 31.4 Å². The van der Waals surface area contributed by atoms with Crippen LogP contribution in [-0.4, -0.2) is 25.3 Å².